The van der Waals surface area contributed by atoms with Gasteiger partial charge in [-0.3, -0.25) is 4.90 Å². The Bertz CT molecular complexity index is 470. The predicted molar refractivity (Wildman–Crippen MR) is 78.1 cm³/mol. The number of hydrogen-bond acceptors (Lipinski definition) is 3. The van der Waals surface area contributed by atoms with Gasteiger partial charge in [-0.1, -0.05) is 30.3 Å². The van der Waals surface area contributed by atoms with Crippen molar-refractivity contribution in [3.8, 4) is 0 Å². The average molecular weight is 281 g/mol. The second-order valence-electron chi connectivity index (χ2n) is 4.24. The Morgan fingerprint density at radius 2 is 2.00 bits per heavy atom. The summed E-state index contributed by atoms with van der Waals surface area (Å²) in [7, 11) is 0. The van der Waals surface area contributed by atoms with Crippen LogP contribution in [0.4, 0.5) is 0 Å². The smallest absolute Gasteiger partial charge is 0.0897 e. The standard InChI is InChI=1S/C14H17ClN2S/c1-12-16-14(11-18-12)10-17(8-7-15)9-13-5-3-2-4-6-13/h2-6,11H,7-10H2,1H3. The lowest BCUT2D eigenvalue weighted by Gasteiger charge is -2.20. The molecule has 0 fully saturated rings. The van der Waals surface area contributed by atoms with Gasteiger partial charge in [-0.25, -0.2) is 4.98 Å². The lowest BCUT2D eigenvalue weighted by atomic mass is 10.2. The van der Waals surface area contributed by atoms with Gasteiger partial charge in [0.1, 0.15) is 0 Å². The molecule has 0 amide bonds. The van der Waals surface area contributed by atoms with Crippen LogP contribution >= 0.6 is 22.9 Å². The largest absolute Gasteiger partial charge is 0.292 e. The van der Waals surface area contributed by atoms with E-state index in [1.807, 2.05) is 13.0 Å². The zero-order chi connectivity index (χ0) is 12.8. The van der Waals surface area contributed by atoms with Crippen LogP contribution in [-0.2, 0) is 13.1 Å². The molecule has 1 aromatic heterocycles. The van der Waals surface area contributed by atoms with E-state index in [0.29, 0.717) is 5.88 Å². The molecule has 2 rings (SSSR count). The highest BCUT2D eigenvalue weighted by Crippen LogP contribution is 2.13. The molecule has 0 spiro atoms. The predicted octanol–water partition coefficient (Wildman–Crippen LogP) is 3.69. The Balaban J connectivity index is 1.99. The number of alkyl halides is 1. The summed E-state index contributed by atoms with van der Waals surface area (Å²) in [6.45, 7) is 4.71. The quantitative estimate of drug-likeness (QED) is 0.750. The van der Waals surface area contributed by atoms with Gasteiger partial charge in [0, 0.05) is 30.9 Å². The van der Waals surface area contributed by atoms with Crippen LogP contribution in [0.1, 0.15) is 16.3 Å². The molecule has 0 saturated carbocycles. The van der Waals surface area contributed by atoms with Gasteiger partial charge in [0.15, 0.2) is 0 Å². The maximum atomic E-state index is 5.87. The van der Waals surface area contributed by atoms with Crippen LogP contribution in [0.25, 0.3) is 0 Å². The third-order valence-electron chi connectivity index (χ3n) is 2.70. The fourth-order valence-corrected chi connectivity index (χ4v) is 2.73. The lowest BCUT2D eigenvalue weighted by molar-refractivity contribution is 0.270. The Morgan fingerprint density at radius 3 is 2.61 bits per heavy atom. The topological polar surface area (TPSA) is 16.1 Å². The SMILES string of the molecule is Cc1nc(CN(CCCl)Cc2ccccc2)cs1. The first-order chi connectivity index (χ1) is 8.78. The number of hydrogen-bond donors (Lipinski definition) is 0. The molecule has 0 bridgehead atoms. The van der Waals surface area contributed by atoms with E-state index in [9.17, 15) is 0 Å². The molecule has 1 heterocycles. The molecule has 96 valence electrons. The molecule has 0 unspecified atom stereocenters. The minimum absolute atomic E-state index is 0.649. The number of nitrogens with zero attached hydrogens (tertiary/aromatic N) is 2. The van der Waals surface area contributed by atoms with Gasteiger partial charge in [-0.05, 0) is 12.5 Å². The summed E-state index contributed by atoms with van der Waals surface area (Å²) >= 11 is 7.57. The minimum Gasteiger partial charge on any atom is -0.292 e. The van der Waals surface area contributed by atoms with Gasteiger partial charge in [0.05, 0.1) is 10.7 Å². The first-order valence-electron chi connectivity index (χ1n) is 6.01. The van der Waals surface area contributed by atoms with Crippen LogP contribution in [0.2, 0.25) is 0 Å². The van der Waals surface area contributed by atoms with Crippen molar-refractivity contribution < 1.29 is 0 Å². The van der Waals surface area contributed by atoms with Crippen molar-refractivity contribution in [2.75, 3.05) is 12.4 Å². The number of aryl methyl sites for hydroxylation is 1. The van der Waals surface area contributed by atoms with E-state index in [2.05, 4.69) is 39.5 Å². The van der Waals surface area contributed by atoms with E-state index in [4.69, 9.17) is 11.6 Å². The highest BCUT2D eigenvalue weighted by molar-refractivity contribution is 7.09. The van der Waals surface area contributed by atoms with Crippen molar-refractivity contribution in [3.63, 3.8) is 0 Å². The first-order valence-corrected chi connectivity index (χ1v) is 7.42. The number of aromatic nitrogens is 1. The molecular formula is C14H17ClN2S. The van der Waals surface area contributed by atoms with Crippen molar-refractivity contribution in [1.82, 2.24) is 9.88 Å². The van der Waals surface area contributed by atoms with Crippen LogP contribution in [0.3, 0.4) is 0 Å². The number of rotatable bonds is 6. The Kier molecular flexibility index (Phi) is 5.17. The average Bonchev–Trinajstić information content (AvgIpc) is 2.76. The third-order valence-corrected chi connectivity index (χ3v) is 3.69. The number of thiazole rings is 1. The Morgan fingerprint density at radius 1 is 1.22 bits per heavy atom. The van der Waals surface area contributed by atoms with Crippen molar-refractivity contribution in [2.45, 2.75) is 20.0 Å². The second kappa shape index (κ2) is 6.88. The van der Waals surface area contributed by atoms with Crippen LogP contribution in [0.5, 0.6) is 0 Å². The van der Waals surface area contributed by atoms with Crippen molar-refractivity contribution in [2.24, 2.45) is 0 Å². The molecule has 0 saturated heterocycles. The number of halogens is 1. The summed E-state index contributed by atoms with van der Waals surface area (Å²) in [6.07, 6.45) is 0. The van der Waals surface area contributed by atoms with E-state index in [1.54, 1.807) is 11.3 Å². The molecule has 0 radical (unpaired) electrons. The molecule has 0 aliphatic carbocycles. The zero-order valence-corrected chi connectivity index (χ0v) is 12.0. The summed E-state index contributed by atoms with van der Waals surface area (Å²) in [5.74, 6) is 0.649. The number of benzene rings is 1. The maximum Gasteiger partial charge on any atom is 0.0897 e. The van der Waals surface area contributed by atoms with Gasteiger partial charge < -0.3 is 0 Å². The van der Waals surface area contributed by atoms with Crippen LogP contribution in [0.15, 0.2) is 35.7 Å². The molecule has 18 heavy (non-hydrogen) atoms. The molecule has 0 aliphatic heterocycles. The maximum absolute atomic E-state index is 5.87. The van der Waals surface area contributed by atoms with E-state index in [0.717, 1.165) is 30.3 Å². The normalized spacial score (nSPS) is 11.1. The Hall–Kier alpha value is -0.900. The van der Waals surface area contributed by atoms with Gasteiger partial charge in [0.2, 0.25) is 0 Å². The Labute approximate surface area is 117 Å². The van der Waals surface area contributed by atoms with Crippen LogP contribution < -0.4 is 0 Å². The molecule has 0 N–H and O–H groups in total. The zero-order valence-electron chi connectivity index (χ0n) is 10.5. The van der Waals surface area contributed by atoms with Gasteiger partial charge in [-0.2, -0.15) is 0 Å². The van der Waals surface area contributed by atoms with E-state index in [1.165, 1.54) is 5.56 Å². The summed E-state index contributed by atoms with van der Waals surface area (Å²) in [6, 6.07) is 10.5. The molecule has 0 aliphatic rings. The van der Waals surface area contributed by atoms with Gasteiger partial charge in [0.25, 0.3) is 0 Å². The first kappa shape index (κ1) is 13.5. The van der Waals surface area contributed by atoms with Gasteiger partial charge >= 0.3 is 0 Å². The van der Waals surface area contributed by atoms with Crippen molar-refractivity contribution in [1.29, 1.82) is 0 Å². The lowest BCUT2D eigenvalue weighted by Crippen LogP contribution is -2.25. The molecule has 2 aromatic rings. The highest BCUT2D eigenvalue weighted by atomic mass is 35.5. The molecule has 1 aromatic carbocycles. The van der Waals surface area contributed by atoms with E-state index < -0.39 is 0 Å². The van der Waals surface area contributed by atoms with Gasteiger partial charge in [-0.15, -0.1) is 22.9 Å². The monoisotopic (exact) mass is 280 g/mol. The highest BCUT2D eigenvalue weighted by Gasteiger charge is 2.08. The van der Waals surface area contributed by atoms with E-state index in [-0.39, 0.29) is 0 Å². The molecule has 2 nitrogen and oxygen atoms in total. The van der Waals surface area contributed by atoms with Crippen molar-refractivity contribution >= 4 is 22.9 Å². The second-order valence-corrected chi connectivity index (χ2v) is 5.68. The van der Waals surface area contributed by atoms with Crippen molar-refractivity contribution in [3.05, 3.63) is 52.0 Å². The fourth-order valence-electron chi connectivity index (χ4n) is 1.89. The van der Waals surface area contributed by atoms with Crippen LogP contribution in [0, 0.1) is 6.92 Å². The molecule has 0 atom stereocenters. The fraction of sp³-hybridized carbons (Fsp3) is 0.357. The molecule has 4 heteroatoms. The third kappa shape index (κ3) is 4.09. The molecular weight excluding hydrogens is 264 g/mol. The summed E-state index contributed by atoms with van der Waals surface area (Å²) < 4.78 is 0. The minimum atomic E-state index is 0.649. The van der Waals surface area contributed by atoms with Crippen LogP contribution in [-0.4, -0.2) is 22.3 Å². The summed E-state index contributed by atoms with van der Waals surface area (Å²) in [5.41, 5.74) is 2.45. The van der Waals surface area contributed by atoms with E-state index >= 15 is 0 Å². The summed E-state index contributed by atoms with van der Waals surface area (Å²) in [4.78, 5) is 6.84. The summed E-state index contributed by atoms with van der Waals surface area (Å²) in [5, 5.41) is 3.25.